The zero-order valence-corrected chi connectivity index (χ0v) is 18.9. The Bertz CT molecular complexity index is 607. The van der Waals surface area contributed by atoms with Crippen molar-refractivity contribution in [3.8, 4) is 17.6 Å². The summed E-state index contributed by atoms with van der Waals surface area (Å²) in [7, 11) is 0. The Hall–Kier alpha value is -1.53. The highest BCUT2D eigenvalue weighted by Crippen LogP contribution is 2.17. The van der Waals surface area contributed by atoms with Gasteiger partial charge in [0.1, 0.15) is 17.2 Å². The van der Waals surface area contributed by atoms with Crippen molar-refractivity contribution < 1.29 is 14.2 Å². The van der Waals surface area contributed by atoms with Crippen molar-refractivity contribution >= 4 is 0 Å². The summed E-state index contributed by atoms with van der Waals surface area (Å²) >= 11 is 0. The van der Waals surface area contributed by atoms with Crippen molar-refractivity contribution in [2.24, 2.45) is 0 Å². The fraction of sp³-hybridized carbons (Fsp3) is 0.692. The number of rotatable bonds is 15. The van der Waals surface area contributed by atoms with Crippen molar-refractivity contribution in [2.45, 2.75) is 110 Å². The SMILES string of the molecule is CCCCCCCCCCCCCCCOc1ccc(C#CC(C)(C)O)c(F)c1. The summed E-state index contributed by atoms with van der Waals surface area (Å²) in [5.74, 6) is 5.42. The van der Waals surface area contributed by atoms with Crippen LogP contribution in [0, 0.1) is 17.7 Å². The number of hydrogen-bond acceptors (Lipinski definition) is 2. The first-order chi connectivity index (χ1) is 13.9. The first kappa shape index (κ1) is 25.5. The molecule has 0 amide bonds. The van der Waals surface area contributed by atoms with E-state index in [0.717, 1.165) is 12.8 Å². The molecule has 0 aliphatic heterocycles. The third-order valence-corrected chi connectivity index (χ3v) is 4.96. The molecular weight excluding hydrogens is 363 g/mol. The van der Waals surface area contributed by atoms with E-state index >= 15 is 0 Å². The normalized spacial score (nSPS) is 11.2. The Labute approximate surface area is 178 Å². The highest BCUT2D eigenvalue weighted by molar-refractivity contribution is 5.40. The van der Waals surface area contributed by atoms with Crippen LogP contribution in [0.3, 0.4) is 0 Å². The van der Waals surface area contributed by atoms with E-state index in [2.05, 4.69) is 18.8 Å². The highest BCUT2D eigenvalue weighted by atomic mass is 19.1. The van der Waals surface area contributed by atoms with Crippen LogP contribution in [0.1, 0.15) is 110 Å². The van der Waals surface area contributed by atoms with Crippen molar-refractivity contribution in [1.29, 1.82) is 0 Å². The molecule has 0 spiro atoms. The van der Waals surface area contributed by atoms with Crippen LogP contribution in [-0.4, -0.2) is 17.3 Å². The minimum absolute atomic E-state index is 0.278. The Morgan fingerprint density at radius 1 is 0.862 bits per heavy atom. The molecule has 164 valence electrons. The Morgan fingerprint density at radius 2 is 1.38 bits per heavy atom. The molecular formula is C26H41FO2. The number of hydrogen-bond donors (Lipinski definition) is 1. The van der Waals surface area contributed by atoms with Crippen LogP contribution in [-0.2, 0) is 0 Å². The van der Waals surface area contributed by atoms with E-state index in [1.807, 2.05) is 0 Å². The average Bonchev–Trinajstić information content (AvgIpc) is 2.67. The molecule has 0 aliphatic rings. The summed E-state index contributed by atoms with van der Waals surface area (Å²) in [6.45, 7) is 6.03. The van der Waals surface area contributed by atoms with Gasteiger partial charge in [0.2, 0.25) is 0 Å². The molecule has 0 radical (unpaired) electrons. The summed E-state index contributed by atoms with van der Waals surface area (Å²) in [6.07, 6.45) is 17.2. The second-order valence-corrected chi connectivity index (χ2v) is 8.54. The smallest absolute Gasteiger partial charge is 0.142 e. The van der Waals surface area contributed by atoms with Gasteiger partial charge in [-0.15, -0.1) is 0 Å². The molecule has 0 aliphatic carbocycles. The Balaban J connectivity index is 2.04. The maximum atomic E-state index is 14.0. The second kappa shape index (κ2) is 15.3. The van der Waals surface area contributed by atoms with Crippen LogP contribution in [0.2, 0.25) is 0 Å². The summed E-state index contributed by atoms with van der Waals surface area (Å²) < 4.78 is 19.7. The Kier molecular flexibility index (Phi) is 13.5. The van der Waals surface area contributed by atoms with Gasteiger partial charge in [-0.1, -0.05) is 95.8 Å². The molecule has 3 heteroatoms. The van der Waals surface area contributed by atoms with Crippen molar-refractivity contribution in [3.63, 3.8) is 0 Å². The van der Waals surface area contributed by atoms with Gasteiger partial charge in [-0.05, 0) is 32.4 Å². The zero-order chi connectivity index (χ0) is 21.4. The van der Waals surface area contributed by atoms with E-state index < -0.39 is 11.4 Å². The van der Waals surface area contributed by atoms with Gasteiger partial charge >= 0.3 is 0 Å². The molecule has 29 heavy (non-hydrogen) atoms. The molecule has 0 unspecified atom stereocenters. The molecule has 1 N–H and O–H groups in total. The largest absolute Gasteiger partial charge is 0.493 e. The topological polar surface area (TPSA) is 29.5 Å². The summed E-state index contributed by atoms with van der Waals surface area (Å²) in [6, 6.07) is 4.71. The number of unbranched alkanes of at least 4 members (excludes halogenated alkanes) is 12. The molecule has 1 aromatic carbocycles. The molecule has 2 nitrogen and oxygen atoms in total. The summed E-state index contributed by atoms with van der Waals surface area (Å²) in [5.41, 5.74) is -0.851. The second-order valence-electron chi connectivity index (χ2n) is 8.54. The zero-order valence-electron chi connectivity index (χ0n) is 18.9. The van der Waals surface area contributed by atoms with E-state index in [4.69, 9.17) is 4.74 Å². The van der Waals surface area contributed by atoms with E-state index in [1.54, 1.807) is 26.0 Å². The van der Waals surface area contributed by atoms with Gasteiger partial charge in [0, 0.05) is 6.07 Å². The quantitative estimate of drug-likeness (QED) is 0.243. The first-order valence-corrected chi connectivity index (χ1v) is 11.6. The first-order valence-electron chi connectivity index (χ1n) is 11.6. The molecule has 1 aromatic rings. The maximum Gasteiger partial charge on any atom is 0.142 e. The van der Waals surface area contributed by atoms with Crippen LogP contribution < -0.4 is 4.74 Å². The molecule has 0 aromatic heterocycles. The summed E-state index contributed by atoms with van der Waals surface area (Å²) in [4.78, 5) is 0. The molecule has 0 fully saturated rings. The fourth-order valence-corrected chi connectivity index (χ4v) is 3.22. The molecule has 0 bridgehead atoms. The monoisotopic (exact) mass is 404 g/mol. The maximum absolute atomic E-state index is 14.0. The van der Waals surface area contributed by atoms with Crippen LogP contribution >= 0.6 is 0 Å². The fourth-order valence-electron chi connectivity index (χ4n) is 3.22. The highest BCUT2D eigenvalue weighted by Gasteiger charge is 2.07. The van der Waals surface area contributed by atoms with E-state index in [0.29, 0.717) is 12.4 Å². The van der Waals surface area contributed by atoms with Crippen LogP contribution in [0.4, 0.5) is 4.39 Å². The lowest BCUT2D eigenvalue weighted by Gasteiger charge is -2.08. The minimum Gasteiger partial charge on any atom is -0.493 e. The molecule has 0 heterocycles. The summed E-state index contributed by atoms with van der Waals surface area (Å²) in [5, 5.41) is 9.60. The third-order valence-electron chi connectivity index (χ3n) is 4.96. The van der Waals surface area contributed by atoms with E-state index in [1.165, 1.54) is 76.7 Å². The Morgan fingerprint density at radius 3 is 1.86 bits per heavy atom. The van der Waals surface area contributed by atoms with Gasteiger partial charge in [0.25, 0.3) is 0 Å². The molecule has 0 saturated carbocycles. The lowest BCUT2D eigenvalue weighted by molar-refractivity contribution is 0.143. The minimum atomic E-state index is -1.13. The van der Waals surface area contributed by atoms with E-state index in [9.17, 15) is 9.50 Å². The average molecular weight is 405 g/mol. The van der Waals surface area contributed by atoms with Gasteiger partial charge in [0.05, 0.1) is 12.2 Å². The predicted molar refractivity (Wildman–Crippen MR) is 121 cm³/mol. The number of ether oxygens (including phenoxy) is 1. The van der Waals surface area contributed by atoms with Gasteiger partial charge in [0.15, 0.2) is 0 Å². The number of benzene rings is 1. The van der Waals surface area contributed by atoms with E-state index in [-0.39, 0.29) is 5.56 Å². The van der Waals surface area contributed by atoms with Crippen molar-refractivity contribution in [1.82, 2.24) is 0 Å². The lowest BCUT2D eigenvalue weighted by atomic mass is 10.0. The van der Waals surface area contributed by atoms with Crippen LogP contribution in [0.15, 0.2) is 18.2 Å². The molecule has 1 rings (SSSR count). The standard InChI is InChI=1S/C26H41FO2/c1-4-5-6-7-8-9-10-11-12-13-14-15-16-21-29-24-18-17-23(25(27)22-24)19-20-26(2,3)28/h17-18,22,28H,4-16,21H2,1-3H3. The molecule has 0 saturated heterocycles. The number of aliphatic hydroxyl groups is 1. The molecule has 0 atom stereocenters. The predicted octanol–water partition coefficient (Wildman–Crippen LogP) is 7.42. The third kappa shape index (κ3) is 14.1. The lowest BCUT2D eigenvalue weighted by Crippen LogP contribution is -2.14. The van der Waals surface area contributed by atoms with Gasteiger partial charge in [-0.25, -0.2) is 4.39 Å². The van der Waals surface area contributed by atoms with Gasteiger partial charge in [-0.3, -0.25) is 0 Å². The van der Waals surface area contributed by atoms with Gasteiger partial charge < -0.3 is 9.84 Å². The number of halogens is 1. The van der Waals surface area contributed by atoms with Crippen LogP contribution in [0.25, 0.3) is 0 Å². The van der Waals surface area contributed by atoms with Crippen LogP contribution in [0.5, 0.6) is 5.75 Å². The van der Waals surface area contributed by atoms with Gasteiger partial charge in [-0.2, -0.15) is 0 Å². The van der Waals surface area contributed by atoms with Crippen molar-refractivity contribution in [2.75, 3.05) is 6.61 Å². The van der Waals surface area contributed by atoms with Crippen molar-refractivity contribution in [3.05, 3.63) is 29.6 Å².